The summed E-state index contributed by atoms with van der Waals surface area (Å²) in [5.74, 6) is 1.43. The van der Waals surface area contributed by atoms with Crippen LogP contribution in [-0.2, 0) is 6.54 Å². The van der Waals surface area contributed by atoms with Crippen molar-refractivity contribution < 1.29 is 9.52 Å². The zero-order valence-electron chi connectivity index (χ0n) is 12.7. The minimum absolute atomic E-state index is 0.266. The number of aliphatic hydroxyl groups excluding tert-OH is 1. The molecule has 3 heterocycles. The highest BCUT2D eigenvalue weighted by atomic mass is 32.1. The molecular weight excluding hydrogens is 298 g/mol. The number of likely N-dealkylation sites (tertiary alicyclic amines) is 1. The third-order valence-corrected chi connectivity index (χ3v) is 5.00. The molecule has 0 radical (unpaired) electrons. The number of hydrogen-bond acceptors (Lipinski definition) is 6. The van der Waals surface area contributed by atoms with E-state index in [2.05, 4.69) is 15.2 Å². The molecule has 0 amide bonds. The first-order valence-corrected chi connectivity index (χ1v) is 8.75. The SMILES string of the molecule is OCCN1CCC(CNCc2coc(-c3cccs3)n2)CC1. The van der Waals surface area contributed by atoms with E-state index in [0.717, 1.165) is 49.2 Å². The molecule has 5 nitrogen and oxygen atoms in total. The first-order valence-electron chi connectivity index (χ1n) is 7.87. The van der Waals surface area contributed by atoms with Gasteiger partial charge in [-0.15, -0.1) is 11.3 Å². The summed E-state index contributed by atoms with van der Waals surface area (Å²) < 4.78 is 5.52. The number of piperidine rings is 1. The fourth-order valence-corrected chi connectivity index (χ4v) is 3.52. The molecule has 0 atom stereocenters. The van der Waals surface area contributed by atoms with Crippen LogP contribution in [0.25, 0.3) is 10.8 Å². The second kappa shape index (κ2) is 7.87. The number of aromatic nitrogens is 1. The molecule has 120 valence electrons. The topological polar surface area (TPSA) is 61.5 Å². The van der Waals surface area contributed by atoms with Crippen LogP contribution in [0.15, 0.2) is 28.2 Å². The molecule has 0 aliphatic carbocycles. The molecule has 0 unspecified atom stereocenters. The Morgan fingerprint density at radius 1 is 1.41 bits per heavy atom. The summed E-state index contributed by atoms with van der Waals surface area (Å²) in [5, 5.41) is 14.5. The quantitative estimate of drug-likeness (QED) is 0.818. The fraction of sp³-hybridized carbons (Fsp3) is 0.562. The molecule has 2 aromatic heterocycles. The van der Waals surface area contributed by atoms with Crippen molar-refractivity contribution in [3.8, 4) is 10.8 Å². The Labute approximate surface area is 135 Å². The van der Waals surface area contributed by atoms with Gasteiger partial charge < -0.3 is 19.7 Å². The summed E-state index contributed by atoms with van der Waals surface area (Å²) in [7, 11) is 0. The molecule has 2 aromatic rings. The van der Waals surface area contributed by atoms with Crippen LogP contribution in [-0.4, -0.2) is 47.8 Å². The van der Waals surface area contributed by atoms with Gasteiger partial charge in [-0.25, -0.2) is 4.98 Å². The Hall–Kier alpha value is -1.21. The second-order valence-corrected chi connectivity index (χ2v) is 6.71. The van der Waals surface area contributed by atoms with Gasteiger partial charge in [0, 0.05) is 13.1 Å². The van der Waals surface area contributed by atoms with Crippen LogP contribution in [0.4, 0.5) is 0 Å². The Morgan fingerprint density at radius 3 is 3.00 bits per heavy atom. The van der Waals surface area contributed by atoms with Gasteiger partial charge in [0.2, 0.25) is 5.89 Å². The predicted octanol–water partition coefficient (Wildman–Crippen LogP) is 2.20. The van der Waals surface area contributed by atoms with E-state index in [-0.39, 0.29) is 6.61 Å². The summed E-state index contributed by atoms with van der Waals surface area (Å²) in [6.07, 6.45) is 4.14. The van der Waals surface area contributed by atoms with Crippen LogP contribution in [0.5, 0.6) is 0 Å². The van der Waals surface area contributed by atoms with E-state index in [1.54, 1.807) is 17.6 Å². The Bertz CT molecular complexity index is 548. The molecule has 22 heavy (non-hydrogen) atoms. The summed E-state index contributed by atoms with van der Waals surface area (Å²) in [6.45, 7) is 5.05. The average molecular weight is 321 g/mol. The van der Waals surface area contributed by atoms with Crippen molar-refractivity contribution in [2.75, 3.05) is 32.8 Å². The highest BCUT2D eigenvalue weighted by Gasteiger charge is 2.18. The van der Waals surface area contributed by atoms with Crippen molar-refractivity contribution in [3.63, 3.8) is 0 Å². The molecule has 0 spiro atoms. The van der Waals surface area contributed by atoms with E-state index < -0.39 is 0 Å². The lowest BCUT2D eigenvalue weighted by atomic mass is 9.97. The molecule has 0 aromatic carbocycles. The van der Waals surface area contributed by atoms with Gasteiger partial charge in [-0.3, -0.25) is 0 Å². The zero-order valence-corrected chi connectivity index (χ0v) is 13.5. The summed E-state index contributed by atoms with van der Waals surface area (Å²) >= 11 is 1.64. The van der Waals surface area contributed by atoms with Crippen LogP contribution >= 0.6 is 11.3 Å². The molecular formula is C16H23N3O2S. The lowest BCUT2D eigenvalue weighted by molar-refractivity contribution is 0.146. The predicted molar refractivity (Wildman–Crippen MR) is 87.8 cm³/mol. The maximum atomic E-state index is 8.95. The van der Waals surface area contributed by atoms with Gasteiger partial charge in [-0.05, 0) is 49.8 Å². The maximum Gasteiger partial charge on any atom is 0.236 e. The molecule has 3 rings (SSSR count). The van der Waals surface area contributed by atoms with E-state index in [9.17, 15) is 0 Å². The third kappa shape index (κ3) is 4.16. The Kier molecular flexibility index (Phi) is 5.61. The van der Waals surface area contributed by atoms with Crippen LogP contribution < -0.4 is 5.32 Å². The van der Waals surface area contributed by atoms with Crippen LogP contribution in [0.2, 0.25) is 0 Å². The van der Waals surface area contributed by atoms with Crippen molar-refractivity contribution in [3.05, 3.63) is 29.5 Å². The van der Waals surface area contributed by atoms with E-state index in [0.29, 0.717) is 5.89 Å². The van der Waals surface area contributed by atoms with Gasteiger partial charge in [-0.2, -0.15) is 0 Å². The van der Waals surface area contributed by atoms with Gasteiger partial charge in [0.1, 0.15) is 6.26 Å². The number of oxazole rings is 1. The smallest absolute Gasteiger partial charge is 0.236 e. The Balaban J connectivity index is 1.39. The third-order valence-electron chi connectivity index (χ3n) is 4.15. The lowest BCUT2D eigenvalue weighted by Gasteiger charge is -2.31. The number of rotatable bonds is 7. The minimum atomic E-state index is 0.266. The highest BCUT2D eigenvalue weighted by Crippen LogP contribution is 2.23. The van der Waals surface area contributed by atoms with E-state index in [1.165, 1.54) is 12.8 Å². The number of nitrogens with one attached hydrogen (secondary N) is 1. The molecule has 1 aliphatic rings. The zero-order chi connectivity index (χ0) is 15.2. The number of hydrogen-bond donors (Lipinski definition) is 2. The number of thiophene rings is 1. The number of nitrogens with zero attached hydrogens (tertiary/aromatic N) is 2. The number of aliphatic hydroxyl groups is 1. The van der Waals surface area contributed by atoms with Crippen molar-refractivity contribution in [2.45, 2.75) is 19.4 Å². The largest absolute Gasteiger partial charge is 0.444 e. The summed E-state index contributed by atoms with van der Waals surface area (Å²) in [6, 6.07) is 4.03. The standard InChI is InChI=1S/C16H23N3O2S/c20-8-7-19-5-3-13(4-6-19)10-17-11-14-12-21-16(18-14)15-2-1-9-22-15/h1-2,9,12-13,17,20H,3-8,10-11H2. The summed E-state index contributed by atoms with van der Waals surface area (Å²) in [4.78, 5) is 7.92. The fourth-order valence-electron chi connectivity index (χ4n) is 2.86. The highest BCUT2D eigenvalue weighted by molar-refractivity contribution is 7.13. The van der Waals surface area contributed by atoms with E-state index in [1.807, 2.05) is 17.5 Å². The monoisotopic (exact) mass is 321 g/mol. The van der Waals surface area contributed by atoms with Crippen molar-refractivity contribution in [2.24, 2.45) is 5.92 Å². The van der Waals surface area contributed by atoms with Crippen LogP contribution in [0.1, 0.15) is 18.5 Å². The number of β-amino-alcohol motifs (C(OH)–C–C–N with tert-alkyl or cyclic N) is 1. The Morgan fingerprint density at radius 2 is 2.27 bits per heavy atom. The summed E-state index contributed by atoms with van der Waals surface area (Å²) in [5.41, 5.74) is 0.959. The van der Waals surface area contributed by atoms with Crippen LogP contribution in [0.3, 0.4) is 0 Å². The lowest BCUT2D eigenvalue weighted by Crippen LogP contribution is -2.38. The molecule has 6 heteroatoms. The van der Waals surface area contributed by atoms with Gasteiger partial charge in [-0.1, -0.05) is 6.07 Å². The van der Waals surface area contributed by atoms with Crippen molar-refractivity contribution in [1.82, 2.24) is 15.2 Å². The first-order chi connectivity index (χ1) is 10.8. The average Bonchev–Trinajstić information content (AvgIpc) is 3.20. The maximum absolute atomic E-state index is 8.95. The minimum Gasteiger partial charge on any atom is -0.444 e. The molecule has 1 saturated heterocycles. The van der Waals surface area contributed by atoms with Gasteiger partial charge >= 0.3 is 0 Å². The van der Waals surface area contributed by atoms with Crippen molar-refractivity contribution in [1.29, 1.82) is 0 Å². The van der Waals surface area contributed by atoms with Gasteiger partial charge in [0.15, 0.2) is 0 Å². The normalized spacial score (nSPS) is 17.1. The van der Waals surface area contributed by atoms with Crippen molar-refractivity contribution >= 4 is 11.3 Å². The molecule has 1 aliphatic heterocycles. The van der Waals surface area contributed by atoms with Crippen LogP contribution in [0, 0.1) is 5.92 Å². The molecule has 2 N–H and O–H groups in total. The van der Waals surface area contributed by atoms with Gasteiger partial charge in [0.25, 0.3) is 0 Å². The molecule has 0 saturated carbocycles. The van der Waals surface area contributed by atoms with E-state index >= 15 is 0 Å². The molecule has 1 fully saturated rings. The van der Waals surface area contributed by atoms with E-state index in [4.69, 9.17) is 9.52 Å². The molecule has 0 bridgehead atoms. The first kappa shape index (κ1) is 15.7. The second-order valence-electron chi connectivity index (χ2n) is 5.76. The van der Waals surface area contributed by atoms with Gasteiger partial charge in [0.05, 0.1) is 17.2 Å².